The van der Waals surface area contributed by atoms with Crippen molar-refractivity contribution in [2.45, 2.75) is 9.58 Å². The molecule has 0 unspecified atom stereocenters. The number of amides is 1. The molecule has 0 saturated heterocycles. The number of hydrogen-bond donors (Lipinski definition) is 1. The summed E-state index contributed by atoms with van der Waals surface area (Å²) in [6.45, 7) is 0. The van der Waals surface area contributed by atoms with Crippen molar-refractivity contribution in [2.24, 2.45) is 0 Å². The number of carbonyl (C=O) groups is 1. The van der Waals surface area contributed by atoms with Gasteiger partial charge in [0.05, 0.1) is 0 Å². The van der Waals surface area contributed by atoms with E-state index in [1.165, 1.54) is 24.3 Å². The van der Waals surface area contributed by atoms with Crippen molar-refractivity contribution in [3.8, 4) is 0 Å². The van der Waals surface area contributed by atoms with Crippen molar-refractivity contribution in [2.75, 3.05) is 14.2 Å². The average molecular weight is 395 g/mol. The lowest BCUT2D eigenvalue weighted by atomic mass is 10.2. The van der Waals surface area contributed by atoms with Crippen molar-refractivity contribution >= 4 is 59.9 Å². The van der Waals surface area contributed by atoms with E-state index in [-0.39, 0.29) is 5.56 Å². The molecule has 1 aromatic carbocycles. The van der Waals surface area contributed by atoms with Crippen molar-refractivity contribution in [3.63, 3.8) is 0 Å². The van der Waals surface area contributed by atoms with Gasteiger partial charge in [0.1, 0.15) is 0 Å². The molecule has 0 saturated carbocycles. The Morgan fingerprint density at radius 1 is 1.19 bits per heavy atom. The smallest absolute Gasteiger partial charge is 0.334 e. The van der Waals surface area contributed by atoms with Crippen molar-refractivity contribution in [1.82, 2.24) is 5.32 Å². The van der Waals surface area contributed by atoms with Gasteiger partial charge in [-0.3, -0.25) is 9.36 Å². The predicted molar refractivity (Wildman–Crippen MR) is 84.6 cm³/mol. The third-order valence-corrected chi connectivity index (χ3v) is 6.04. The molecule has 0 aliphatic heterocycles. The van der Waals surface area contributed by atoms with Gasteiger partial charge in [-0.1, -0.05) is 46.4 Å². The Labute approximate surface area is 142 Å². The number of rotatable bonds is 5. The number of halogens is 4. The molecule has 1 rings (SSSR count). The molecule has 21 heavy (non-hydrogen) atoms. The summed E-state index contributed by atoms with van der Waals surface area (Å²) >= 11 is 23.0. The van der Waals surface area contributed by atoms with E-state index in [2.05, 4.69) is 5.32 Å². The molecule has 0 bridgehead atoms. The first-order chi connectivity index (χ1) is 9.64. The predicted octanol–water partition coefficient (Wildman–Crippen LogP) is 4.25. The third kappa shape index (κ3) is 5.00. The molecule has 1 aromatic rings. The van der Waals surface area contributed by atoms with Gasteiger partial charge in [-0.25, -0.2) is 0 Å². The molecule has 0 radical (unpaired) electrons. The Morgan fingerprint density at radius 3 is 2.05 bits per heavy atom. The molecule has 1 atom stereocenters. The van der Waals surface area contributed by atoms with Gasteiger partial charge in [-0.15, -0.1) is 0 Å². The highest BCUT2D eigenvalue weighted by Crippen LogP contribution is 2.57. The molecule has 0 aliphatic carbocycles. The first-order valence-corrected chi connectivity index (χ1v) is 8.60. The van der Waals surface area contributed by atoms with Crippen LogP contribution in [0.4, 0.5) is 0 Å². The van der Waals surface area contributed by atoms with E-state index in [0.717, 1.165) is 14.2 Å². The summed E-state index contributed by atoms with van der Waals surface area (Å²) in [6.07, 6.45) is 0. The maximum Gasteiger partial charge on any atom is 0.356 e. The maximum atomic E-state index is 12.4. The number of carbonyl (C=O) groups excluding carboxylic acids is 1. The largest absolute Gasteiger partial charge is 0.356 e. The van der Waals surface area contributed by atoms with Crippen molar-refractivity contribution in [3.05, 3.63) is 34.9 Å². The molecule has 10 heteroatoms. The zero-order valence-corrected chi connectivity index (χ0v) is 14.9. The molecular formula is C11H12Cl4NO4P. The summed E-state index contributed by atoms with van der Waals surface area (Å²) < 4.78 is 19.8. The summed E-state index contributed by atoms with van der Waals surface area (Å²) in [7, 11) is -1.60. The Morgan fingerprint density at radius 2 is 1.67 bits per heavy atom. The zero-order chi connectivity index (χ0) is 16.3. The minimum absolute atomic E-state index is 0.248. The van der Waals surface area contributed by atoms with Crippen LogP contribution in [0.1, 0.15) is 10.4 Å². The molecule has 1 amide bonds. The number of nitrogens with one attached hydrogen (secondary N) is 1. The van der Waals surface area contributed by atoms with Crippen LogP contribution < -0.4 is 5.32 Å². The van der Waals surface area contributed by atoms with E-state index >= 15 is 0 Å². The van der Waals surface area contributed by atoms with Gasteiger partial charge >= 0.3 is 7.60 Å². The topological polar surface area (TPSA) is 64.6 Å². The van der Waals surface area contributed by atoms with Crippen LogP contribution in [0.2, 0.25) is 5.02 Å². The molecule has 5 nitrogen and oxygen atoms in total. The fraction of sp³-hybridized carbons (Fsp3) is 0.364. The highest BCUT2D eigenvalue weighted by Gasteiger charge is 2.49. The van der Waals surface area contributed by atoms with Gasteiger partial charge in [-0.2, -0.15) is 0 Å². The minimum atomic E-state index is -3.85. The molecule has 0 heterocycles. The highest BCUT2D eigenvalue weighted by molar-refractivity contribution is 7.55. The Kier molecular flexibility index (Phi) is 6.81. The number of alkyl halides is 3. The molecule has 118 valence electrons. The van der Waals surface area contributed by atoms with Crippen LogP contribution in [0.5, 0.6) is 0 Å². The average Bonchev–Trinajstić information content (AvgIpc) is 2.43. The van der Waals surface area contributed by atoms with Crippen LogP contribution in [0.3, 0.4) is 0 Å². The summed E-state index contributed by atoms with van der Waals surface area (Å²) in [6, 6.07) is 5.98. The Balaban J connectivity index is 3.05. The van der Waals surface area contributed by atoms with E-state index in [1.807, 2.05) is 0 Å². The van der Waals surface area contributed by atoms with Crippen LogP contribution in [0.15, 0.2) is 24.3 Å². The fourth-order valence-electron chi connectivity index (χ4n) is 1.43. The van der Waals surface area contributed by atoms with E-state index in [1.54, 1.807) is 0 Å². The highest BCUT2D eigenvalue weighted by atomic mass is 35.6. The molecule has 0 aliphatic rings. The van der Waals surface area contributed by atoms with E-state index < -0.39 is 23.1 Å². The van der Waals surface area contributed by atoms with Crippen LogP contribution in [-0.2, 0) is 13.6 Å². The summed E-state index contributed by atoms with van der Waals surface area (Å²) in [5.74, 6) is -2.09. The second kappa shape index (κ2) is 7.51. The molecule has 0 fully saturated rings. The lowest BCUT2D eigenvalue weighted by molar-refractivity contribution is 0.0941. The number of hydrogen-bond acceptors (Lipinski definition) is 4. The number of benzene rings is 1. The van der Waals surface area contributed by atoms with Gasteiger partial charge in [0.2, 0.25) is 3.79 Å². The van der Waals surface area contributed by atoms with Crippen LogP contribution in [-0.4, -0.2) is 29.7 Å². The molecule has 0 aromatic heterocycles. The van der Waals surface area contributed by atoms with Gasteiger partial charge in [0, 0.05) is 24.8 Å². The molecular weight excluding hydrogens is 383 g/mol. The van der Waals surface area contributed by atoms with Gasteiger partial charge < -0.3 is 14.4 Å². The summed E-state index contributed by atoms with van der Waals surface area (Å²) in [5, 5.41) is 2.81. The Bertz CT molecular complexity index is 538. The van der Waals surface area contributed by atoms with E-state index in [9.17, 15) is 9.36 Å². The minimum Gasteiger partial charge on any atom is -0.334 e. The lowest BCUT2D eigenvalue weighted by Crippen LogP contribution is -2.44. The van der Waals surface area contributed by atoms with Gasteiger partial charge in [-0.05, 0) is 24.3 Å². The van der Waals surface area contributed by atoms with Gasteiger partial charge in [0.25, 0.3) is 5.91 Å². The SMILES string of the molecule is COP(=O)(OC)[C@@H](NC(=O)c1ccc(Cl)cc1)C(Cl)(Cl)Cl. The normalized spacial score (nSPS) is 13.8. The zero-order valence-electron chi connectivity index (χ0n) is 11.0. The Hall–Kier alpha value is -0.000000000000000111. The quantitative estimate of drug-likeness (QED) is 0.598. The van der Waals surface area contributed by atoms with Crippen molar-refractivity contribution < 1.29 is 18.4 Å². The monoisotopic (exact) mass is 393 g/mol. The van der Waals surface area contributed by atoms with Gasteiger partial charge in [0.15, 0.2) is 5.78 Å². The lowest BCUT2D eigenvalue weighted by Gasteiger charge is -2.30. The van der Waals surface area contributed by atoms with E-state index in [0.29, 0.717) is 5.02 Å². The summed E-state index contributed by atoms with van der Waals surface area (Å²) in [5.41, 5.74) is 0.248. The van der Waals surface area contributed by atoms with Crippen LogP contribution in [0, 0.1) is 0 Å². The van der Waals surface area contributed by atoms with E-state index in [4.69, 9.17) is 55.5 Å². The van der Waals surface area contributed by atoms with Crippen LogP contribution in [0.25, 0.3) is 0 Å². The van der Waals surface area contributed by atoms with Crippen molar-refractivity contribution in [1.29, 1.82) is 0 Å². The third-order valence-electron chi connectivity index (χ3n) is 2.51. The second-order valence-electron chi connectivity index (χ2n) is 3.83. The molecule has 0 spiro atoms. The van der Waals surface area contributed by atoms with Crippen LogP contribution >= 0.6 is 54.0 Å². The fourth-order valence-corrected chi connectivity index (χ4v) is 4.00. The maximum absolute atomic E-state index is 12.4. The first kappa shape index (κ1) is 19.0. The standard InChI is InChI=1S/C11H12Cl4NO4P/c1-19-21(18,20-2)10(11(13,14)15)16-9(17)7-3-5-8(12)6-4-7/h3-6,10H,1-2H3,(H,16,17)/t10-/m1/s1. The summed E-state index contributed by atoms with van der Waals surface area (Å²) in [4.78, 5) is 12.1. The first-order valence-electron chi connectivity index (χ1n) is 5.48. The second-order valence-corrected chi connectivity index (χ2v) is 8.96. The molecule has 1 N–H and O–H groups in total.